The van der Waals surface area contributed by atoms with Crippen LogP contribution in [0.25, 0.3) is 0 Å². The Bertz CT molecular complexity index is 1680. The smallest absolute Gasteiger partial charge is 0.298 e. The van der Waals surface area contributed by atoms with E-state index < -0.39 is 17.7 Å². The Morgan fingerprint density at radius 2 is 1.81 bits per heavy atom. The van der Waals surface area contributed by atoms with Crippen molar-refractivity contribution in [2.24, 2.45) is 0 Å². The third-order valence-electron chi connectivity index (χ3n) is 7.18. The van der Waals surface area contributed by atoms with Gasteiger partial charge in [-0.2, -0.15) is 19.1 Å². The second kappa shape index (κ2) is 12.0. The Kier molecular flexibility index (Phi) is 8.23. The zero-order valence-corrected chi connectivity index (χ0v) is 23.9. The van der Waals surface area contributed by atoms with Crippen molar-refractivity contribution < 1.29 is 23.1 Å². The number of fused-ring (bicyclic) bond motifs is 1. The number of rotatable bonds is 9. The van der Waals surface area contributed by atoms with Crippen LogP contribution in [0.1, 0.15) is 44.5 Å². The van der Waals surface area contributed by atoms with Gasteiger partial charge in [-0.15, -0.1) is 0 Å². The number of carbonyl (C=O) groups is 2. The van der Waals surface area contributed by atoms with E-state index in [2.05, 4.69) is 16.5 Å². The fourth-order valence-electron chi connectivity index (χ4n) is 4.94. The van der Waals surface area contributed by atoms with Crippen LogP contribution >= 0.6 is 0 Å². The molecular weight excluding hydrogens is 554 g/mol. The van der Waals surface area contributed by atoms with E-state index in [0.717, 1.165) is 0 Å². The lowest BCUT2D eigenvalue weighted by atomic mass is 9.99. The highest BCUT2D eigenvalue weighted by Crippen LogP contribution is 2.37. The molecule has 5 rings (SSSR count). The summed E-state index contributed by atoms with van der Waals surface area (Å²) in [5.74, 6) is -3.86. The summed E-state index contributed by atoms with van der Waals surface area (Å²) in [7, 11) is 3.83. The highest BCUT2D eigenvalue weighted by molar-refractivity contribution is 6.15. The highest BCUT2D eigenvalue weighted by Gasteiger charge is 2.37. The predicted octanol–water partition coefficient (Wildman–Crippen LogP) is 5.14. The molecule has 0 radical (unpaired) electrons. The number of hydrogen-bond donors (Lipinski definition) is 1. The minimum Gasteiger partial charge on any atom is -0.491 e. The van der Waals surface area contributed by atoms with Gasteiger partial charge in [0, 0.05) is 29.0 Å². The van der Waals surface area contributed by atoms with E-state index in [4.69, 9.17) is 4.74 Å². The Labute approximate surface area is 247 Å². The number of nitrogens with zero attached hydrogens (tertiary/aromatic N) is 5. The Morgan fingerprint density at radius 3 is 2.49 bits per heavy atom. The number of nitriles is 1. The van der Waals surface area contributed by atoms with Crippen molar-refractivity contribution in [2.75, 3.05) is 37.5 Å². The summed E-state index contributed by atoms with van der Waals surface area (Å²) in [6.07, 6.45) is 1.33. The molecular formula is C32H30F2N6O3. The summed E-state index contributed by atoms with van der Waals surface area (Å²) in [5.41, 5.74) is 0.842. The number of carbonyl (C=O) groups excluding carboxylic acids is 2. The molecule has 1 atom stereocenters. The van der Waals surface area contributed by atoms with E-state index in [0.29, 0.717) is 36.8 Å². The number of ether oxygens (including phenoxy) is 1. The molecule has 1 aromatic heterocycles. The maximum Gasteiger partial charge on any atom is 0.298 e. The van der Waals surface area contributed by atoms with Gasteiger partial charge in [0.25, 0.3) is 17.7 Å². The first-order chi connectivity index (χ1) is 20.6. The van der Waals surface area contributed by atoms with Gasteiger partial charge in [-0.05, 0) is 51.4 Å². The molecule has 1 aliphatic rings. The summed E-state index contributed by atoms with van der Waals surface area (Å²) in [6, 6.07) is 19.6. The van der Waals surface area contributed by atoms with Crippen molar-refractivity contribution in [3.05, 3.63) is 107 Å². The van der Waals surface area contributed by atoms with Crippen LogP contribution in [0.4, 0.5) is 20.2 Å². The molecule has 4 aromatic rings. The van der Waals surface area contributed by atoms with Crippen LogP contribution in [0.2, 0.25) is 0 Å². The number of halogens is 2. The normalized spacial score (nSPS) is 14.8. The lowest BCUT2D eigenvalue weighted by Crippen LogP contribution is -2.47. The number of likely N-dealkylation sites (N-methyl/N-ethyl adjacent to an activating group) is 1. The first-order valence-corrected chi connectivity index (χ1v) is 13.7. The Balaban J connectivity index is 1.35. The van der Waals surface area contributed by atoms with Crippen LogP contribution in [0, 0.1) is 11.3 Å². The first kappa shape index (κ1) is 29.4. The SMILES string of the molecule is C[C@H]1Cn2ncc(C(=O)Nc3ccc(OCCN(C)C)c(C#N)c3)c2C(=O)N1c1ccc(C(F)(F)c2ccccc2)cc1. The fourth-order valence-corrected chi connectivity index (χ4v) is 4.94. The van der Waals surface area contributed by atoms with Crippen molar-refractivity contribution in [3.63, 3.8) is 0 Å². The molecule has 11 heteroatoms. The number of amides is 2. The quantitative estimate of drug-likeness (QED) is 0.292. The summed E-state index contributed by atoms with van der Waals surface area (Å²) in [5, 5.41) is 16.6. The Morgan fingerprint density at radius 1 is 1.12 bits per heavy atom. The van der Waals surface area contributed by atoms with Crippen molar-refractivity contribution in [1.82, 2.24) is 14.7 Å². The van der Waals surface area contributed by atoms with Gasteiger partial charge in [-0.1, -0.05) is 42.5 Å². The third-order valence-corrected chi connectivity index (χ3v) is 7.18. The highest BCUT2D eigenvalue weighted by atomic mass is 19.3. The number of alkyl halides is 2. The molecule has 0 unspecified atom stereocenters. The molecule has 1 N–H and O–H groups in total. The van der Waals surface area contributed by atoms with Crippen LogP contribution in [0.15, 0.2) is 79.0 Å². The molecule has 220 valence electrons. The molecule has 3 aromatic carbocycles. The minimum absolute atomic E-state index is 0.0546. The maximum absolute atomic E-state index is 15.1. The number of hydrogen-bond acceptors (Lipinski definition) is 6. The lowest BCUT2D eigenvalue weighted by molar-refractivity contribution is 0.0428. The molecule has 43 heavy (non-hydrogen) atoms. The van der Waals surface area contributed by atoms with E-state index in [1.807, 2.05) is 25.9 Å². The van der Waals surface area contributed by atoms with Gasteiger partial charge in [0.1, 0.15) is 24.1 Å². The van der Waals surface area contributed by atoms with Gasteiger partial charge in [-0.3, -0.25) is 14.3 Å². The topological polar surface area (TPSA) is 103 Å². The predicted molar refractivity (Wildman–Crippen MR) is 158 cm³/mol. The molecule has 0 bridgehead atoms. The van der Waals surface area contributed by atoms with E-state index >= 15 is 8.78 Å². The molecule has 0 spiro atoms. The first-order valence-electron chi connectivity index (χ1n) is 13.7. The lowest BCUT2D eigenvalue weighted by Gasteiger charge is -2.34. The van der Waals surface area contributed by atoms with Crippen molar-refractivity contribution in [2.45, 2.75) is 25.4 Å². The summed E-state index contributed by atoms with van der Waals surface area (Å²) in [6.45, 7) is 3.18. The molecule has 2 amide bonds. The van der Waals surface area contributed by atoms with Crippen molar-refractivity contribution in [3.8, 4) is 11.8 Å². The summed E-state index contributed by atoms with van der Waals surface area (Å²) >= 11 is 0. The van der Waals surface area contributed by atoms with Gasteiger partial charge >= 0.3 is 0 Å². The average molecular weight is 585 g/mol. The molecule has 0 saturated carbocycles. The number of aromatic nitrogens is 2. The van der Waals surface area contributed by atoms with Crippen LogP contribution in [-0.2, 0) is 12.5 Å². The molecule has 2 heterocycles. The number of anilines is 2. The van der Waals surface area contributed by atoms with Crippen LogP contribution < -0.4 is 15.0 Å². The monoisotopic (exact) mass is 584 g/mol. The molecule has 1 aliphatic heterocycles. The second-order valence-electron chi connectivity index (χ2n) is 10.5. The van der Waals surface area contributed by atoms with E-state index in [9.17, 15) is 14.9 Å². The molecule has 0 aliphatic carbocycles. The summed E-state index contributed by atoms with van der Waals surface area (Å²) in [4.78, 5) is 30.5. The van der Waals surface area contributed by atoms with Gasteiger partial charge in [0.15, 0.2) is 0 Å². The van der Waals surface area contributed by atoms with Gasteiger partial charge in [0.2, 0.25) is 0 Å². The zero-order valence-electron chi connectivity index (χ0n) is 23.9. The van der Waals surface area contributed by atoms with Gasteiger partial charge in [0.05, 0.1) is 29.9 Å². The van der Waals surface area contributed by atoms with Crippen LogP contribution in [0.5, 0.6) is 5.75 Å². The molecule has 0 saturated heterocycles. The van der Waals surface area contributed by atoms with Gasteiger partial charge < -0.3 is 19.9 Å². The van der Waals surface area contributed by atoms with E-state index in [1.54, 1.807) is 30.3 Å². The van der Waals surface area contributed by atoms with Crippen molar-refractivity contribution >= 4 is 23.2 Å². The summed E-state index contributed by atoms with van der Waals surface area (Å²) < 4.78 is 37.3. The minimum atomic E-state index is -3.21. The van der Waals surface area contributed by atoms with Crippen LogP contribution in [0.3, 0.4) is 0 Å². The maximum atomic E-state index is 15.1. The van der Waals surface area contributed by atoms with E-state index in [-0.39, 0.29) is 34.0 Å². The molecule has 0 fully saturated rings. The number of benzene rings is 3. The molecule has 9 nitrogen and oxygen atoms in total. The van der Waals surface area contributed by atoms with Crippen LogP contribution in [-0.4, -0.2) is 59.8 Å². The largest absolute Gasteiger partial charge is 0.491 e. The third kappa shape index (κ3) is 5.96. The average Bonchev–Trinajstić information content (AvgIpc) is 3.42. The van der Waals surface area contributed by atoms with Crippen molar-refractivity contribution in [1.29, 1.82) is 5.26 Å². The Hall–Kier alpha value is -5.08. The zero-order chi connectivity index (χ0) is 30.7. The fraction of sp³-hybridized carbons (Fsp3) is 0.250. The van der Waals surface area contributed by atoms with E-state index in [1.165, 1.54) is 58.2 Å². The standard InChI is InChI=1S/C32H30F2N6O3/c1-21-20-39-29(31(42)40(21)26-12-9-24(10-13-26)32(33,34)23-7-5-4-6-8-23)27(19-36-39)30(41)37-25-11-14-28(22(17-25)18-35)43-16-15-38(2)3/h4-14,17,19,21H,15-16,20H2,1-3H3,(H,37,41)/t21-/m0/s1. The van der Waals surface area contributed by atoms with Gasteiger partial charge in [-0.25, -0.2) is 0 Å². The number of nitrogens with one attached hydrogen (secondary N) is 1. The second-order valence-corrected chi connectivity index (χ2v) is 10.5.